The summed E-state index contributed by atoms with van der Waals surface area (Å²) >= 11 is 0. The number of carbonyl (C=O) groups excluding carboxylic acids is 2. The molecule has 1 saturated carbocycles. The normalized spacial score (nSPS) is 15.2. The number of hydrogen-bond acceptors (Lipinski definition) is 3. The van der Waals surface area contributed by atoms with E-state index in [1.165, 1.54) is 6.42 Å². The molecule has 0 unspecified atom stereocenters. The van der Waals surface area contributed by atoms with Crippen molar-refractivity contribution in [3.05, 3.63) is 35.4 Å². The van der Waals surface area contributed by atoms with Crippen molar-refractivity contribution in [2.45, 2.75) is 45.1 Å². The first-order chi connectivity index (χ1) is 11.2. The summed E-state index contributed by atoms with van der Waals surface area (Å²) in [6, 6.07) is 7.36. The first-order valence-corrected chi connectivity index (χ1v) is 8.55. The fourth-order valence-corrected chi connectivity index (χ4v) is 2.88. The third-order valence-corrected chi connectivity index (χ3v) is 4.33. The van der Waals surface area contributed by atoms with Crippen LogP contribution in [-0.2, 0) is 11.3 Å². The Morgan fingerprint density at radius 1 is 1.04 bits per heavy atom. The van der Waals surface area contributed by atoms with Crippen LogP contribution in [0.2, 0.25) is 0 Å². The molecule has 126 valence electrons. The second kappa shape index (κ2) is 9.30. The number of rotatable bonds is 7. The molecule has 0 radical (unpaired) electrons. The molecule has 0 spiro atoms. The van der Waals surface area contributed by atoms with E-state index < -0.39 is 0 Å². The smallest absolute Gasteiger partial charge is 0.251 e. The molecular weight excluding hydrogens is 290 g/mol. The molecule has 4 N–H and O–H groups in total. The Morgan fingerprint density at radius 2 is 1.74 bits per heavy atom. The van der Waals surface area contributed by atoms with Gasteiger partial charge in [-0.3, -0.25) is 9.59 Å². The molecule has 5 heteroatoms. The molecule has 1 fully saturated rings. The Balaban J connectivity index is 1.78. The monoisotopic (exact) mass is 317 g/mol. The Labute approximate surface area is 138 Å². The van der Waals surface area contributed by atoms with Gasteiger partial charge in [-0.1, -0.05) is 31.4 Å². The van der Waals surface area contributed by atoms with Crippen LogP contribution in [0.3, 0.4) is 0 Å². The standard InChI is InChI=1S/C18H27N3O2/c19-11-4-12-20-17(22)16-9-7-14(8-10-16)13-21-18(23)15-5-2-1-3-6-15/h7-10,15H,1-6,11-13,19H2,(H,20,22)(H,21,23). The van der Waals surface area contributed by atoms with E-state index in [1.54, 1.807) is 12.1 Å². The summed E-state index contributed by atoms with van der Waals surface area (Å²) in [5.74, 6) is 0.251. The number of hydrogen-bond donors (Lipinski definition) is 3. The minimum Gasteiger partial charge on any atom is -0.352 e. The van der Waals surface area contributed by atoms with E-state index in [-0.39, 0.29) is 17.7 Å². The van der Waals surface area contributed by atoms with Crippen LogP contribution in [0.15, 0.2) is 24.3 Å². The van der Waals surface area contributed by atoms with Gasteiger partial charge in [-0.25, -0.2) is 0 Å². The fraction of sp³-hybridized carbons (Fsp3) is 0.556. The van der Waals surface area contributed by atoms with Gasteiger partial charge in [0.05, 0.1) is 0 Å². The van der Waals surface area contributed by atoms with E-state index in [9.17, 15) is 9.59 Å². The van der Waals surface area contributed by atoms with Crippen molar-refractivity contribution in [2.24, 2.45) is 11.7 Å². The van der Waals surface area contributed by atoms with Crippen molar-refractivity contribution in [3.8, 4) is 0 Å². The van der Waals surface area contributed by atoms with Crippen LogP contribution in [0, 0.1) is 5.92 Å². The summed E-state index contributed by atoms with van der Waals surface area (Å²) in [6.07, 6.45) is 6.36. The highest BCUT2D eigenvalue weighted by Crippen LogP contribution is 2.23. The fourth-order valence-electron chi connectivity index (χ4n) is 2.88. The number of nitrogens with one attached hydrogen (secondary N) is 2. The average Bonchev–Trinajstić information content (AvgIpc) is 2.61. The lowest BCUT2D eigenvalue weighted by Crippen LogP contribution is -2.31. The van der Waals surface area contributed by atoms with Crippen LogP contribution in [0.1, 0.15) is 54.4 Å². The molecule has 1 aliphatic rings. The minimum atomic E-state index is -0.0868. The zero-order valence-electron chi connectivity index (χ0n) is 13.6. The van der Waals surface area contributed by atoms with Crippen molar-refractivity contribution >= 4 is 11.8 Å². The van der Waals surface area contributed by atoms with E-state index in [0.29, 0.717) is 25.2 Å². The van der Waals surface area contributed by atoms with E-state index in [0.717, 1.165) is 37.7 Å². The molecule has 23 heavy (non-hydrogen) atoms. The summed E-state index contributed by atoms with van der Waals surface area (Å²) in [6.45, 7) is 1.68. The topological polar surface area (TPSA) is 84.2 Å². The second-order valence-electron chi connectivity index (χ2n) is 6.15. The van der Waals surface area contributed by atoms with Gasteiger partial charge in [0, 0.05) is 24.6 Å². The number of amides is 2. The maximum absolute atomic E-state index is 12.1. The summed E-state index contributed by atoms with van der Waals surface area (Å²) in [7, 11) is 0. The van der Waals surface area contributed by atoms with Crippen molar-refractivity contribution in [2.75, 3.05) is 13.1 Å². The average molecular weight is 317 g/mol. The molecule has 0 heterocycles. The summed E-state index contributed by atoms with van der Waals surface area (Å²) in [5.41, 5.74) is 7.04. The van der Waals surface area contributed by atoms with Gasteiger partial charge in [-0.15, -0.1) is 0 Å². The lowest BCUT2D eigenvalue weighted by Gasteiger charge is -2.20. The third-order valence-electron chi connectivity index (χ3n) is 4.33. The summed E-state index contributed by atoms with van der Waals surface area (Å²) in [5, 5.41) is 5.83. The van der Waals surface area contributed by atoms with E-state index in [4.69, 9.17) is 5.73 Å². The lowest BCUT2D eigenvalue weighted by molar-refractivity contribution is -0.126. The first kappa shape index (κ1) is 17.5. The zero-order chi connectivity index (χ0) is 16.5. The predicted octanol–water partition coefficient (Wildman–Crippen LogP) is 1.96. The van der Waals surface area contributed by atoms with Crippen LogP contribution >= 0.6 is 0 Å². The highest BCUT2D eigenvalue weighted by Gasteiger charge is 2.20. The minimum absolute atomic E-state index is 0.0868. The molecule has 5 nitrogen and oxygen atoms in total. The second-order valence-corrected chi connectivity index (χ2v) is 6.15. The van der Waals surface area contributed by atoms with Crippen molar-refractivity contribution in [3.63, 3.8) is 0 Å². The largest absolute Gasteiger partial charge is 0.352 e. The van der Waals surface area contributed by atoms with Crippen molar-refractivity contribution < 1.29 is 9.59 Å². The zero-order valence-corrected chi connectivity index (χ0v) is 13.6. The van der Waals surface area contributed by atoms with Gasteiger partial charge < -0.3 is 16.4 Å². The number of carbonyl (C=O) groups is 2. The van der Waals surface area contributed by atoms with Crippen LogP contribution in [0.25, 0.3) is 0 Å². The van der Waals surface area contributed by atoms with E-state index in [1.807, 2.05) is 12.1 Å². The van der Waals surface area contributed by atoms with Gasteiger partial charge in [0.1, 0.15) is 0 Å². The SMILES string of the molecule is NCCCNC(=O)c1ccc(CNC(=O)C2CCCCC2)cc1. The summed E-state index contributed by atoms with van der Waals surface area (Å²) in [4.78, 5) is 24.0. The van der Waals surface area contributed by atoms with Crippen LogP contribution in [-0.4, -0.2) is 24.9 Å². The highest BCUT2D eigenvalue weighted by atomic mass is 16.2. The Kier molecular flexibility index (Phi) is 7.07. The van der Waals surface area contributed by atoms with Gasteiger partial charge in [0.15, 0.2) is 0 Å². The molecule has 0 bridgehead atoms. The van der Waals surface area contributed by atoms with E-state index in [2.05, 4.69) is 10.6 Å². The molecule has 2 rings (SSSR count). The maximum atomic E-state index is 12.1. The molecule has 1 aliphatic carbocycles. The molecule has 0 atom stereocenters. The van der Waals surface area contributed by atoms with Crippen molar-refractivity contribution in [1.29, 1.82) is 0 Å². The van der Waals surface area contributed by atoms with Gasteiger partial charge in [-0.05, 0) is 43.5 Å². The Hall–Kier alpha value is -1.88. The third kappa shape index (κ3) is 5.67. The quantitative estimate of drug-likeness (QED) is 0.672. The molecular formula is C18H27N3O2. The first-order valence-electron chi connectivity index (χ1n) is 8.55. The molecule has 1 aromatic rings. The molecule has 2 amide bonds. The Bertz CT molecular complexity index is 508. The van der Waals surface area contributed by atoms with Crippen LogP contribution in [0.4, 0.5) is 0 Å². The molecule has 0 aliphatic heterocycles. The maximum Gasteiger partial charge on any atom is 0.251 e. The van der Waals surface area contributed by atoms with Gasteiger partial charge >= 0.3 is 0 Å². The molecule has 0 aromatic heterocycles. The number of nitrogens with two attached hydrogens (primary N) is 1. The van der Waals surface area contributed by atoms with Gasteiger partial charge in [0.2, 0.25) is 5.91 Å². The van der Waals surface area contributed by atoms with Crippen LogP contribution in [0.5, 0.6) is 0 Å². The molecule has 0 saturated heterocycles. The Morgan fingerprint density at radius 3 is 2.39 bits per heavy atom. The van der Waals surface area contributed by atoms with Gasteiger partial charge in [-0.2, -0.15) is 0 Å². The lowest BCUT2D eigenvalue weighted by atomic mass is 9.88. The molecule has 1 aromatic carbocycles. The van der Waals surface area contributed by atoms with Gasteiger partial charge in [0.25, 0.3) is 5.91 Å². The van der Waals surface area contributed by atoms with Crippen LogP contribution < -0.4 is 16.4 Å². The summed E-state index contributed by atoms with van der Waals surface area (Å²) < 4.78 is 0. The number of benzene rings is 1. The van der Waals surface area contributed by atoms with Crippen molar-refractivity contribution in [1.82, 2.24) is 10.6 Å². The predicted molar refractivity (Wildman–Crippen MR) is 90.9 cm³/mol. The highest BCUT2D eigenvalue weighted by molar-refractivity contribution is 5.94. The van der Waals surface area contributed by atoms with E-state index >= 15 is 0 Å².